The van der Waals surface area contributed by atoms with Crippen molar-refractivity contribution in [2.75, 3.05) is 25.1 Å². The highest BCUT2D eigenvalue weighted by Crippen LogP contribution is 2.31. The maximum atomic E-state index is 13.2. The zero-order valence-electron chi connectivity index (χ0n) is 14.0. The molecule has 0 aliphatic carbocycles. The zero-order chi connectivity index (χ0) is 17.6. The van der Waals surface area contributed by atoms with Gasteiger partial charge in [-0.25, -0.2) is 8.78 Å². The van der Waals surface area contributed by atoms with Gasteiger partial charge in [0.05, 0.1) is 25.8 Å². The molecule has 5 nitrogen and oxygen atoms in total. The Labute approximate surface area is 140 Å². The molecule has 1 saturated heterocycles. The number of rotatable bonds is 8. The van der Waals surface area contributed by atoms with E-state index in [2.05, 4.69) is 10.6 Å². The van der Waals surface area contributed by atoms with Crippen LogP contribution in [-0.4, -0.2) is 37.6 Å². The molecule has 134 valence electrons. The van der Waals surface area contributed by atoms with Crippen LogP contribution < -0.4 is 20.1 Å². The molecule has 2 N–H and O–H groups in total. The lowest BCUT2D eigenvalue weighted by atomic mass is 10.1. The Hall–Kier alpha value is -1.89. The first kappa shape index (κ1) is 18.4. The van der Waals surface area contributed by atoms with Gasteiger partial charge in [-0.2, -0.15) is 0 Å². The van der Waals surface area contributed by atoms with Gasteiger partial charge in [0, 0.05) is 18.2 Å². The number of alkyl halides is 2. The van der Waals surface area contributed by atoms with Crippen molar-refractivity contribution in [2.24, 2.45) is 0 Å². The number of ether oxygens (including phenoxy) is 2. The second-order valence-electron chi connectivity index (χ2n) is 5.84. The Morgan fingerprint density at radius 2 is 1.92 bits per heavy atom. The summed E-state index contributed by atoms with van der Waals surface area (Å²) in [6.07, 6.45) is 1.22. The molecular formula is C17H24F2N2O3. The van der Waals surface area contributed by atoms with Crippen molar-refractivity contribution in [3.8, 4) is 11.5 Å². The van der Waals surface area contributed by atoms with Crippen LogP contribution in [0.15, 0.2) is 18.2 Å². The fourth-order valence-corrected chi connectivity index (χ4v) is 2.37. The predicted molar refractivity (Wildman–Crippen MR) is 88.0 cm³/mol. The maximum Gasteiger partial charge on any atom is 0.262 e. The third kappa shape index (κ3) is 5.06. The Bertz CT molecular complexity index is 567. The van der Waals surface area contributed by atoms with Crippen LogP contribution in [-0.2, 0) is 4.79 Å². The van der Waals surface area contributed by atoms with Crippen LogP contribution in [0.25, 0.3) is 0 Å². The van der Waals surface area contributed by atoms with E-state index >= 15 is 0 Å². The van der Waals surface area contributed by atoms with Crippen LogP contribution in [0.4, 0.5) is 14.5 Å². The van der Waals surface area contributed by atoms with Crippen LogP contribution >= 0.6 is 0 Å². The van der Waals surface area contributed by atoms with Gasteiger partial charge < -0.3 is 14.8 Å². The van der Waals surface area contributed by atoms with E-state index in [4.69, 9.17) is 9.47 Å². The van der Waals surface area contributed by atoms with Crippen molar-refractivity contribution < 1.29 is 23.0 Å². The van der Waals surface area contributed by atoms with Crippen molar-refractivity contribution in [3.63, 3.8) is 0 Å². The molecule has 0 spiro atoms. The van der Waals surface area contributed by atoms with Crippen LogP contribution in [0.5, 0.6) is 11.5 Å². The average Bonchev–Trinajstić information content (AvgIpc) is 2.92. The molecule has 0 radical (unpaired) electrons. The molecule has 1 aromatic rings. The van der Waals surface area contributed by atoms with E-state index in [-0.39, 0.29) is 0 Å². The highest BCUT2D eigenvalue weighted by Gasteiger charge is 2.42. The zero-order valence-corrected chi connectivity index (χ0v) is 14.0. The van der Waals surface area contributed by atoms with Gasteiger partial charge >= 0.3 is 0 Å². The Balaban J connectivity index is 2.05. The van der Waals surface area contributed by atoms with Crippen molar-refractivity contribution in [1.82, 2.24) is 5.32 Å². The fraction of sp³-hybridized carbons (Fsp3) is 0.588. The van der Waals surface area contributed by atoms with Crippen molar-refractivity contribution in [3.05, 3.63) is 18.2 Å². The number of anilines is 1. The van der Waals surface area contributed by atoms with Crippen LogP contribution in [0.1, 0.15) is 33.1 Å². The fourth-order valence-electron chi connectivity index (χ4n) is 2.37. The smallest absolute Gasteiger partial charge is 0.262 e. The number of amides is 1. The quantitative estimate of drug-likeness (QED) is 0.762. The standard InChI is InChI=1S/C17H24F2N2O3/c1-3-7-23-14-6-5-12(9-15(14)24-8-4-2)21-16(22)13-10-17(18,19)11-20-13/h5-6,9,13,20H,3-4,7-8,10-11H2,1-2H3,(H,21,22). The second-order valence-corrected chi connectivity index (χ2v) is 5.84. The first-order valence-corrected chi connectivity index (χ1v) is 8.27. The molecule has 1 aliphatic rings. The molecule has 1 aliphatic heterocycles. The molecule has 24 heavy (non-hydrogen) atoms. The van der Waals surface area contributed by atoms with Crippen LogP contribution in [0.2, 0.25) is 0 Å². The lowest BCUT2D eigenvalue weighted by molar-refractivity contribution is -0.118. The summed E-state index contributed by atoms with van der Waals surface area (Å²) in [7, 11) is 0. The minimum absolute atomic E-state index is 0.472. The number of hydrogen-bond acceptors (Lipinski definition) is 4. The first-order valence-electron chi connectivity index (χ1n) is 8.27. The van der Waals surface area contributed by atoms with Gasteiger partial charge in [-0.15, -0.1) is 0 Å². The maximum absolute atomic E-state index is 13.2. The lowest BCUT2D eigenvalue weighted by Crippen LogP contribution is -2.35. The van der Waals surface area contributed by atoms with Crippen molar-refractivity contribution in [2.45, 2.75) is 45.1 Å². The molecule has 2 rings (SSSR count). The average molecular weight is 342 g/mol. The third-order valence-corrected chi connectivity index (χ3v) is 3.56. The topological polar surface area (TPSA) is 59.6 Å². The summed E-state index contributed by atoms with van der Waals surface area (Å²) in [4.78, 5) is 12.1. The van der Waals surface area contributed by atoms with Gasteiger partial charge in [-0.05, 0) is 25.0 Å². The summed E-state index contributed by atoms with van der Waals surface area (Å²) < 4.78 is 37.7. The molecule has 0 bridgehead atoms. The van der Waals surface area contributed by atoms with Crippen molar-refractivity contribution in [1.29, 1.82) is 0 Å². The summed E-state index contributed by atoms with van der Waals surface area (Å²) >= 11 is 0. The molecule has 7 heteroatoms. The summed E-state index contributed by atoms with van der Waals surface area (Å²) in [6, 6.07) is 4.16. The summed E-state index contributed by atoms with van der Waals surface area (Å²) in [6.45, 7) is 4.61. The molecule has 0 saturated carbocycles. The normalized spacial score (nSPS) is 19.1. The molecular weight excluding hydrogens is 318 g/mol. The second kappa shape index (κ2) is 8.28. The van der Waals surface area contributed by atoms with Gasteiger partial charge in [0.2, 0.25) is 5.91 Å². The molecule has 1 unspecified atom stereocenters. The van der Waals surface area contributed by atoms with E-state index in [1.807, 2.05) is 13.8 Å². The van der Waals surface area contributed by atoms with Crippen LogP contribution in [0, 0.1) is 0 Å². The molecule has 0 aromatic heterocycles. The lowest BCUT2D eigenvalue weighted by Gasteiger charge is -2.15. The van der Waals surface area contributed by atoms with Crippen molar-refractivity contribution >= 4 is 11.6 Å². The molecule has 1 aromatic carbocycles. The van der Waals surface area contributed by atoms with E-state index in [9.17, 15) is 13.6 Å². The summed E-state index contributed by atoms with van der Waals surface area (Å²) in [5, 5.41) is 5.19. The van der Waals surface area contributed by atoms with Gasteiger partial charge in [0.15, 0.2) is 11.5 Å². The van der Waals surface area contributed by atoms with Crippen LogP contribution in [0.3, 0.4) is 0 Å². The van der Waals surface area contributed by atoms with E-state index in [1.165, 1.54) is 0 Å². The summed E-state index contributed by atoms with van der Waals surface area (Å²) in [5.74, 6) is -2.17. The molecule has 1 heterocycles. The number of carbonyl (C=O) groups excluding carboxylic acids is 1. The number of benzene rings is 1. The SMILES string of the molecule is CCCOc1ccc(NC(=O)C2CC(F)(F)CN2)cc1OCCC. The van der Waals surface area contributed by atoms with E-state index in [0.29, 0.717) is 30.4 Å². The predicted octanol–water partition coefficient (Wildman–Crippen LogP) is 3.20. The van der Waals surface area contributed by atoms with E-state index < -0.39 is 30.8 Å². The molecule has 1 amide bonds. The molecule has 1 fully saturated rings. The van der Waals surface area contributed by atoms with Gasteiger partial charge in [-0.1, -0.05) is 13.8 Å². The van der Waals surface area contributed by atoms with Gasteiger partial charge in [-0.3, -0.25) is 10.1 Å². The monoisotopic (exact) mass is 342 g/mol. The largest absolute Gasteiger partial charge is 0.490 e. The Morgan fingerprint density at radius 3 is 2.50 bits per heavy atom. The van der Waals surface area contributed by atoms with E-state index in [1.54, 1.807) is 18.2 Å². The number of hydrogen-bond donors (Lipinski definition) is 2. The minimum Gasteiger partial charge on any atom is -0.490 e. The summed E-state index contributed by atoms with van der Waals surface area (Å²) in [5.41, 5.74) is 0.493. The first-order chi connectivity index (χ1) is 11.4. The Kier molecular flexibility index (Phi) is 6.36. The number of nitrogens with one attached hydrogen (secondary N) is 2. The third-order valence-electron chi connectivity index (χ3n) is 3.56. The number of halogens is 2. The van der Waals surface area contributed by atoms with Gasteiger partial charge in [0.25, 0.3) is 5.92 Å². The highest BCUT2D eigenvalue weighted by atomic mass is 19.3. The van der Waals surface area contributed by atoms with Gasteiger partial charge in [0.1, 0.15) is 0 Å². The molecule has 1 atom stereocenters. The Morgan fingerprint density at radius 1 is 1.25 bits per heavy atom. The number of carbonyl (C=O) groups is 1. The minimum atomic E-state index is -2.84. The highest BCUT2D eigenvalue weighted by molar-refractivity contribution is 5.95. The van der Waals surface area contributed by atoms with E-state index in [0.717, 1.165) is 12.8 Å².